The summed E-state index contributed by atoms with van der Waals surface area (Å²) in [5, 5.41) is 9.54. The van der Waals surface area contributed by atoms with E-state index in [-0.39, 0.29) is 0 Å². The van der Waals surface area contributed by atoms with E-state index >= 15 is 0 Å². The molecule has 0 aliphatic heterocycles. The van der Waals surface area contributed by atoms with Crippen molar-refractivity contribution in [2.45, 2.75) is 26.2 Å². The lowest BCUT2D eigenvalue weighted by molar-refractivity contribution is 0.474. The molecule has 0 heterocycles. The lowest BCUT2D eigenvalue weighted by Gasteiger charge is -2.18. The number of hydrogen-bond donors (Lipinski definition) is 2. The van der Waals surface area contributed by atoms with Crippen LogP contribution >= 0.6 is 0 Å². The van der Waals surface area contributed by atoms with Crippen molar-refractivity contribution in [3.63, 3.8) is 0 Å². The lowest BCUT2D eigenvalue weighted by Crippen LogP contribution is -2.16. The Kier molecular flexibility index (Phi) is 4.23. The number of nitrogens with two attached hydrogens (primary N) is 1. The molecule has 0 aliphatic carbocycles. The Morgan fingerprint density at radius 1 is 1.11 bits per heavy atom. The summed E-state index contributed by atoms with van der Waals surface area (Å²) in [5.41, 5.74) is 10.9. The molecule has 1 atom stereocenters. The van der Waals surface area contributed by atoms with Crippen molar-refractivity contribution in [2.75, 3.05) is 6.54 Å². The van der Waals surface area contributed by atoms with Crippen LogP contribution in [-0.4, -0.2) is 11.7 Å². The van der Waals surface area contributed by atoms with E-state index in [1.54, 1.807) is 6.07 Å². The maximum atomic E-state index is 9.54. The average molecular weight is 255 g/mol. The van der Waals surface area contributed by atoms with Gasteiger partial charge in [0.1, 0.15) is 5.75 Å². The molecule has 0 radical (unpaired) electrons. The number of benzene rings is 2. The summed E-state index contributed by atoms with van der Waals surface area (Å²) in [4.78, 5) is 0. The quantitative estimate of drug-likeness (QED) is 0.880. The first kappa shape index (κ1) is 13.6. The summed E-state index contributed by atoms with van der Waals surface area (Å²) in [5.74, 6) is 0.607. The van der Waals surface area contributed by atoms with Crippen LogP contribution in [0.5, 0.6) is 5.75 Å². The first-order valence-electron chi connectivity index (χ1n) is 6.65. The Morgan fingerprint density at radius 3 is 2.58 bits per heavy atom. The highest BCUT2D eigenvalue weighted by Gasteiger charge is 2.13. The van der Waals surface area contributed by atoms with E-state index < -0.39 is 0 Å². The minimum Gasteiger partial charge on any atom is -0.508 e. The van der Waals surface area contributed by atoms with Crippen molar-refractivity contribution >= 4 is 0 Å². The predicted octanol–water partition coefficient (Wildman–Crippen LogP) is 3.29. The van der Waals surface area contributed by atoms with Gasteiger partial charge in [0.25, 0.3) is 0 Å². The van der Waals surface area contributed by atoms with Gasteiger partial charge in [0.2, 0.25) is 0 Å². The van der Waals surface area contributed by atoms with Crippen molar-refractivity contribution in [3.8, 4) is 5.75 Å². The van der Waals surface area contributed by atoms with Crippen LogP contribution in [0.15, 0.2) is 42.5 Å². The molecule has 0 aromatic heterocycles. The zero-order valence-corrected chi connectivity index (χ0v) is 11.6. The summed E-state index contributed by atoms with van der Waals surface area (Å²) in [6, 6.07) is 13.9. The average Bonchev–Trinajstić information content (AvgIpc) is 2.39. The third-order valence-electron chi connectivity index (χ3n) is 3.55. The van der Waals surface area contributed by atoms with Crippen LogP contribution in [0, 0.1) is 13.8 Å². The van der Waals surface area contributed by atoms with Gasteiger partial charge >= 0.3 is 0 Å². The summed E-state index contributed by atoms with van der Waals surface area (Å²) in [6.45, 7) is 4.84. The van der Waals surface area contributed by atoms with Gasteiger partial charge in [0.05, 0.1) is 0 Å². The number of aryl methyl sites for hydroxylation is 2. The third kappa shape index (κ3) is 3.36. The van der Waals surface area contributed by atoms with Crippen LogP contribution < -0.4 is 5.73 Å². The second-order valence-corrected chi connectivity index (χ2v) is 5.17. The molecule has 0 saturated carbocycles. The molecule has 2 aromatic carbocycles. The van der Waals surface area contributed by atoms with Gasteiger partial charge in [0, 0.05) is 5.92 Å². The summed E-state index contributed by atoms with van der Waals surface area (Å²) in [7, 11) is 0. The number of aromatic hydroxyl groups is 1. The Hall–Kier alpha value is -1.80. The van der Waals surface area contributed by atoms with Gasteiger partial charge in [0.15, 0.2) is 0 Å². The zero-order chi connectivity index (χ0) is 13.8. The molecule has 2 aromatic rings. The van der Waals surface area contributed by atoms with Gasteiger partial charge in [-0.15, -0.1) is 0 Å². The SMILES string of the molecule is Cc1ccc(C)c(C(CN)Cc2cccc(O)c2)c1. The molecular weight excluding hydrogens is 234 g/mol. The van der Waals surface area contributed by atoms with Gasteiger partial charge in [-0.1, -0.05) is 35.9 Å². The van der Waals surface area contributed by atoms with Crippen LogP contribution in [0.25, 0.3) is 0 Å². The minimum atomic E-state index is 0.293. The molecule has 0 aliphatic rings. The fourth-order valence-corrected chi connectivity index (χ4v) is 2.49. The fourth-order valence-electron chi connectivity index (χ4n) is 2.49. The molecule has 0 spiro atoms. The Morgan fingerprint density at radius 2 is 1.89 bits per heavy atom. The van der Waals surface area contributed by atoms with Crippen molar-refractivity contribution < 1.29 is 5.11 Å². The molecule has 19 heavy (non-hydrogen) atoms. The number of phenols is 1. The van der Waals surface area contributed by atoms with Crippen molar-refractivity contribution in [2.24, 2.45) is 5.73 Å². The summed E-state index contributed by atoms with van der Waals surface area (Å²) < 4.78 is 0. The summed E-state index contributed by atoms with van der Waals surface area (Å²) >= 11 is 0. The molecule has 0 bridgehead atoms. The monoisotopic (exact) mass is 255 g/mol. The topological polar surface area (TPSA) is 46.2 Å². The van der Waals surface area contributed by atoms with E-state index in [0.29, 0.717) is 18.2 Å². The second kappa shape index (κ2) is 5.89. The van der Waals surface area contributed by atoms with Gasteiger partial charge in [-0.2, -0.15) is 0 Å². The molecule has 2 rings (SSSR count). The molecule has 2 nitrogen and oxygen atoms in total. The van der Waals surface area contributed by atoms with E-state index in [0.717, 1.165) is 12.0 Å². The first-order chi connectivity index (χ1) is 9.10. The third-order valence-corrected chi connectivity index (χ3v) is 3.55. The van der Waals surface area contributed by atoms with Crippen LogP contribution in [0.4, 0.5) is 0 Å². The lowest BCUT2D eigenvalue weighted by atomic mass is 9.88. The molecular formula is C17H21NO. The Labute approximate surface area is 114 Å². The van der Waals surface area contributed by atoms with Gasteiger partial charge in [-0.3, -0.25) is 0 Å². The smallest absolute Gasteiger partial charge is 0.115 e. The van der Waals surface area contributed by atoms with E-state index in [9.17, 15) is 5.11 Å². The molecule has 100 valence electrons. The highest BCUT2D eigenvalue weighted by molar-refractivity contribution is 5.36. The van der Waals surface area contributed by atoms with Crippen molar-refractivity contribution in [3.05, 3.63) is 64.7 Å². The van der Waals surface area contributed by atoms with E-state index in [4.69, 9.17) is 5.73 Å². The van der Waals surface area contributed by atoms with Gasteiger partial charge in [-0.25, -0.2) is 0 Å². The van der Waals surface area contributed by atoms with Crippen LogP contribution in [0.2, 0.25) is 0 Å². The van der Waals surface area contributed by atoms with E-state index in [2.05, 4.69) is 32.0 Å². The number of rotatable bonds is 4. The predicted molar refractivity (Wildman–Crippen MR) is 79.5 cm³/mol. The van der Waals surface area contributed by atoms with Crippen LogP contribution in [0.1, 0.15) is 28.2 Å². The highest BCUT2D eigenvalue weighted by Crippen LogP contribution is 2.25. The van der Waals surface area contributed by atoms with Gasteiger partial charge < -0.3 is 10.8 Å². The van der Waals surface area contributed by atoms with Gasteiger partial charge in [-0.05, 0) is 55.6 Å². The Bertz CT molecular complexity index is 563. The highest BCUT2D eigenvalue weighted by atomic mass is 16.3. The van der Waals surface area contributed by atoms with Crippen molar-refractivity contribution in [1.82, 2.24) is 0 Å². The van der Waals surface area contributed by atoms with Crippen molar-refractivity contribution in [1.29, 1.82) is 0 Å². The molecule has 0 fully saturated rings. The first-order valence-corrected chi connectivity index (χ1v) is 6.65. The second-order valence-electron chi connectivity index (χ2n) is 5.17. The van der Waals surface area contributed by atoms with E-state index in [1.807, 2.05) is 18.2 Å². The van der Waals surface area contributed by atoms with E-state index in [1.165, 1.54) is 16.7 Å². The fraction of sp³-hybridized carbons (Fsp3) is 0.294. The molecule has 2 heteroatoms. The normalized spacial score (nSPS) is 12.4. The largest absolute Gasteiger partial charge is 0.508 e. The standard InChI is InChI=1S/C17H21NO/c1-12-6-7-13(2)17(8-12)15(11-18)9-14-4-3-5-16(19)10-14/h3-8,10,15,19H,9,11,18H2,1-2H3. The number of phenolic OH excluding ortho intramolecular Hbond substituents is 1. The Balaban J connectivity index is 2.27. The summed E-state index contributed by atoms with van der Waals surface area (Å²) in [6.07, 6.45) is 0.856. The molecule has 1 unspecified atom stereocenters. The molecule has 0 saturated heterocycles. The maximum absolute atomic E-state index is 9.54. The minimum absolute atomic E-state index is 0.293. The zero-order valence-electron chi connectivity index (χ0n) is 11.6. The number of hydrogen-bond acceptors (Lipinski definition) is 2. The van der Waals surface area contributed by atoms with Crippen LogP contribution in [-0.2, 0) is 6.42 Å². The molecule has 0 amide bonds. The van der Waals surface area contributed by atoms with Crippen LogP contribution in [0.3, 0.4) is 0 Å². The molecule has 3 N–H and O–H groups in total. The maximum Gasteiger partial charge on any atom is 0.115 e.